The number of likely N-dealkylation sites (tertiary alicyclic amines) is 1. The summed E-state index contributed by atoms with van der Waals surface area (Å²) in [6.07, 6.45) is 4.38. The van der Waals surface area contributed by atoms with Gasteiger partial charge in [0.15, 0.2) is 0 Å². The quantitative estimate of drug-likeness (QED) is 0.646. The molecule has 0 N–H and O–H groups in total. The van der Waals surface area contributed by atoms with Gasteiger partial charge in [0.1, 0.15) is 11.9 Å². The second-order valence-electron chi connectivity index (χ2n) is 7.44. The van der Waals surface area contributed by atoms with E-state index in [1.807, 2.05) is 36.2 Å². The molecule has 1 saturated heterocycles. The Bertz CT molecular complexity index is 974. The van der Waals surface area contributed by atoms with Crippen LogP contribution in [0.4, 0.5) is 0 Å². The number of nitrogens with zero attached hydrogens (tertiary/aromatic N) is 2. The number of rotatable bonds is 4. The number of piperidine rings is 1. The van der Waals surface area contributed by atoms with Crippen molar-refractivity contribution in [3.05, 3.63) is 60.3 Å². The first-order chi connectivity index (χ1) is 13.6. The van der Waals surface area contributed by atoms with Crippen LogP contribution in [-0.4, -0.2) is 35.0 Å². The normalized spacial score (nSPS) is 15.0. The van der Waals surface area contributed by atoms with E-state index in [2.05, 4.69) is 42.2 Å². The number of ether oxygens (including phenoxy) is 1. The van der Waals surface area contributed by atoms with Crippen molar-refractivity contribution in [3.8, 4) is 16.9 Å². The van der Waals surface area contributed by atoms with Gasteiger partial charge in [0.25, 0.3) is 0 Å². The topological polar surface area (TPSA) is 42.4 Å². The molecule has 28 heavy (non-hydrogen) atoms. The summed E-state index contributed by atoms with van der Waals surface area (Å²) >= 11 is 0. The van der Waals surface area contributed by atoms with Crippen molar-refractivity contribution in [2.24, 2.45) is 0 Å². The SMILES string of the molecule is CCC(=O)N1CCC(Oc2ccc(-c3cc(C)c4cccnc4c3)cc2)CC1. The van der Waals surface area contributed by atoms with Gasteiger partial charge in [-0.2, -0.15) is 0 Å². The maximum atomic E-state index is 11.8. The van der Waals surface area contributed by atoms with Crippen LogP contribution in [0.25, 0.3) is 22.0 Å². The molecule has 0 radical (unpaired) electrons. The molecule has 4 nitrogen and oxygen atoms in total. The van der Waals surface area contributed by atoms with Crippen molar-refractivity contribution in [3.63, 3.8) is 0 Å². The first-order valence-electron chi connectivity index (χ1n) is 10.0. The summed E-state index contributed by atoms with van der Waals surface area (Å²) in [4.78, 5) is 18.2. The maximum Gasteiger partial charge on any atom is 0.222 e. The van der Waals surface area contributed by atoms with Gasteiger partial charge in [-0.15, -0.1) is 0 Å². The van der Waals surface area contributed by atoms with Crippen LogP contribution in [0.1, 0.15) is 31.7 Å². The van der Waals surface area contributed by atoms with Crippen LogP contribution < -0.4 is 4.74 Å². The van der Waals surface area contributed by atoms with Crippen LogP contribution >= 0.6 is 0 Å². The third-order valence-electron chi connectivity index (χ3n) is 5.52. The highest BCUT2D eigenvalue weighted by Crippen LogP contribution is 2.28. The number of aromatic nitrogens is 1. The number of hydrogen-bond acceptors (Lipinski definition) is 3. The summed E-state index contributed by atoms with van der Waals surface area (Å²) in [6, 6.07) is 16.7. The molecule has 1 amide bonds. The number of aryl methyl sites for hydroxylation is 1. The van der Waals surface area contributed by atoms with Crippen LogP contribution in [0.3, 0.4) is 0 Å². The van der Waals surface area contributed by atoms with Crippen molar-refractivity contribution in [1.82, 2.24) is 9.88 Å². The molecule has 4 rings (SSSR count). The van der Waals surface area contributed by atoms with Crippen LogP contribution in [0.2, 0.25) is 0 Å². The molecule has 4 heteroatoms. The molecule has 0 saturated carbocycles. The Kier molecular flexibility index (Phi) is 5.29. The minimum absolute atomic E-state index is 0.180. The lowest BCUT2D eigenvalue weighted by molar-refractivity contribution is -0.132. The predicted octanol–water partition coefficient (Wildman–Crippen LogP) is 4.99. The van der Waals surface area contributed by atoms with Crippen molar-refractivity contribution >= 4 is 16.8 Å². The van der Waals surface area contributed by atoms with Gasteiger partial charge in [-0.1, -0.05) is 31.2 Å². The number of pyridine rings is 1. The Morgan fingerprint density at radius 3 is 2.57 bits per heavy atom. The van der Waals surface area contributed by atoms with Crippen molar-refractivity contribution in [1.29, 1.82) is 0 Å². The van der Waals surface area contributed by atoms with Crippen molar-refractivity contribution < 1.29 is 9.53 Å². The molecule has 0 aliphatic carbocycles. The number of fused-ring (bicyclic) bond motifs is 1. The van der Waals surface area contributed by atoms with Crippen molar-refractivity contribution in [2.45, 2.75) is 39.2 Å². The van der Waals surface area contributed by atoms with Crippen LogP contribution in [0, 0.1) is 6.92 Å². The molecule has 3 aromatic rings. The van der Waals surface area contributed by atoms with Gasteiger partial charge in [-0.25, -0.2) is 0 Å². The Hall–Kier alpha value is -2.88. The summed E-state index contributed by atoms with van der Waals surface area (Å²) in [6.45, 7) is 5.62. The Morgan fingerprint density at radius 2 is 1.86 bits per heavy atom. The smallest absolute Gasteiger partial charge is 0.222 e. The fraction of sp³-hybridized carbons (Fsp3) is 0.333. The van der Waals surface area contributed by atoms with Gasteiger partial charge < -0.3 is 9.64 Å². The first-order valence-corrected chi connectivity index (χ1v) is 10.0. The molecule has 0 unspecified atom stereocenters. The number of carbonyl (C=O) groups is 1. The lowest BCUT2D eigenvalue weighted by Crippen LogP contribution is -2.41. The summed E-state index contributed by atoms with van der Waals surface area (Å²) in [5.41, 5.74) is 4.58. The van der Waals surface area contributed by atoms with E-state index in [4.69, 9.17) is 4.74 Å². The lowest BCUT2D eigenvalue weighted by Gasteiger charge is -2.32. The zero-order valence-corrected chi connectivity index (χ0v) is 16.5. The predicted molar refractivity (Wildman–Crippen MR) is 112 cm³/mol. The minimum Gasteiger partial charge on any atom is -0.490 e. The maximum absolute atomic E-state index is 11.8. The van der Waals surface area contributed by atoms with E-state index in [9.17, 15) is 4.79 Å². The standard InChI is InChI=1S/C24H26N2O2/c1-3-24(27)26-13-10-21(11-14-26)28-20-8-6-18(7-9-20)19-15-17(2)22-5-4-12-25-23(22)16-19/h4-9,12,15-16,21H,3,10-11,13-14H2,1-2H3. The lowest BCUT2D eigenvalue weighted by atomic mass is 10.00. The highest BCUT2D eigenvalue weighted by Gasteiger charge is 2.22. The van der Waals surface area contributed by atoms with Gasteiger partial charge >= 0.3 is 0 Å². The third kappa shape index (κ3) is 3.86. The van der Waals surface area contributed by atoms with Gasteiger partial charge in [-0.05, 0) is 47.9 Å². The second-order valence-corrected chi connectivity index (χ2v) is 7.44. The summed E-state index contributed by atoms with van der Waals surface area (Å²) in [7, 11) is 0. The van der Waals surface area contributed by atoms with Crippen LogP contribution in [0.5, 0.6) is 5.75 Å². The van der Waals surface area contributed by atoms with Gasteiger partial charge in [0.2, 0.25) is 5.91 Å². The van der Waals surface area contributed by atoms with Crippen LogP contribution in [0.15, 0.2) is 54.7 Å². The molecular weight excluding hydrogens is 348 g/mol. The van der Waals surface area contributed by atoms with Gasteiger partial charge in [-0.3, -0.25) is 9.78 Å². The monoisotopic (exact) mass is 374 g/mol. The Labute approximate surface area is 166 Å². The first kappa shape index (κ1) is 18.5. The largest absolute Gasteiger partial charge is 0.490 e. The molecule has 1 aromatic heterocycles. The summed E-state index contributed by atoms with van der Waals surface area (Å²) in [5.74, 6) is 1.13. The molecule has 0 atom stereocenters. The van der Waals surface area contributed by atoms with Crippen LogP contribution in [-0.2, 0) is 4.79 Å². The second kappa shape index (κ2) is 8.01. The van der Waals surface area contributed by atoms with E-state index in [1.165, 1.54) is 16.5 Å². The minimum atomic E-state index is 0.180. The van der Waals surface area contributed by atoms with E-state index < -0.39 is 0 Å². The Morgan fingerprint density at radius 1 is 1.11 bits per heavy atom. The molecule has 0 spiro atoms. The van der Waals surface area contributed by atoms with Gasteiger partial charge in [0, 0.05) is 43.9 Å². The number of benzene rings is 2. The molecule has 1 aliphatic rings. The zero-order valence-electron chi connectivity index (χ0n) is 16.5. The molecule has 1 fully saturated rings. The average molecular weight is 374 g/mol. The van der Waals surface area contributed by atoms with E-state index in [-0.39, 0.29) is 12.0 Å². The molecule has 1 aliphatic heterocycles. The Balaban J connectivity index is 1.44. The molecule has 2 aromatic carbocycles. The van der Waals surface area contributed by atoms with E-state index in [0.29, 0.717) is 6.42 Å². The van der Waals surface area contributed by atoms with Crippen molar-refractivity contribution in [2.75, 3.05) is 13.1 Å². The highest BCUT2D eigenvalue weighted by molar-refractivity contribution is 5.87. The number of amides is 1. The van der Waals surface area contributed by atoms with E-state index in [0.717, 1.165) is 42.8 Å². The number of hydrogen-bond donors (Lipinski definition) is 0. The van der Waals surface area contributed by atoms with E-state index >= 15 is 0 Å². The molecule has 0 bridgehead atoms. The summed E-state index contributed by atoms with van der Waals surface area (Å²) < 4.78 is 6.15. The molecular formula is C24H26N2O2. The fourth-order valence-corrected chi connectivity index (χ4v) is 3.90. The van der Waals surface area contributed by atoms with E-state index in [1.54, 1.807) is 0 Å². The number of carbonyl (C=O) groups excluding carboxylic acids is 1. The molecule has 2 heterocycles. The van der Waals surface area contributed by atoms with Gasteiger partial charge in [0.05, 0.1) is 5.52 Å². The molecule has 144 valence electrons. The summed E-state index contributed by atoms with van der Waals surface area (Å²) in [5, 5.41) is 1.19. The highest BCUT2D eigenvalue weighted by atomic mass is 16.5. The average Bonchev–Trinajstić information content (AvgIpc) is 2.74. The third-order valence-corrected chi connectivity index (χ3v) is 5.52. The zero-order chi connectivity index (χ0) is 19.5. The fourth-order valence-electron chi connectivity index (χ4n) is 3.90.